The molecule has 8 heteroatoms. The van der Waals surface area contributed by atoms with Crippen LogP contribution in [0.3, 0.4) is 0 Å². The summed E-state index contributed by atoms with van der Waals surface area (Å²) in [7, 11) is 3.29. The van der Waals surface area contributed by atoms with E-state index in [1.54, 1.807) is 25.9 Å². The molecule has 0 radical (unpaired) electrons. The van der Waals surface area contributed by atoms with E-state index in [0.29, 0.717) is 25.7 Å². The van der Waals surface area contributed by atoms with Crippen LogP contribution in [0.15, 0.2) is 38.6 Å². The number of aliphatic imine (C=N–C) groups is 1. The van der Waals surface area contributed by atoms with Crippen LogP contribution in [0.1, 0.15) is 13.8 Å². The highest BCUT2D eigenvalue weighted by Crippen LogP contribution is 2.32. The van der Waals surface area contributed by atoms with Crippen molar-refractivity contribution in [2.24, 2.45) is 4.99 Å². The van der Waals surface area contributed by atoms with Gasteiger partial charge in [0.15, 0.2) is 5.96 Å². The summed E-state index contributed by atoms with van der Waals surface area (Å²) >= 11 is 5.23. The SMILES string of the molecule is CN=C(NCC(=O)NCCOC)NCC(C)(C)Sc1ccc(Br)cc1. The lowest BCUT2D eigenvalue weighted by Crippen LogP contribution is -2.46. The van der Waals surface area contributed by atoms with Crippen molar-refractivity contribution in [2.75, 3.05) is 40.4 Å². The zero-order valence-electron chi connectivity index (χ0n) is 15.2. The van der Waals surface area contributed by atoms with E-state index >= 15 is 0 Å². The number of carbonyl (C=O) groups excluding carboxylic acids is 1. The number of rotatable bonds is 9. The average Bonchev–Trinajstić information content (AvgIpc) is 2.57. The molecule has 0 bridgehead atoms. The van der Waals surface area contributed by atoms with Gasteiger partial charge in [-0.3, -0.25) is 9.79 Å². The van der Waals surface area contributed by atoms with E-state index in [-0.39, 0.29) is 17.2 Å². The molecule has 0 unspecified atom stereocenters. The Labute approximate surface area is 162 Å². The highest BCUT2D eigenvalue weighted by atomic mass is 79.9. The van der Waals surface area contributed by atoms with Gasteiger partial charge in [0.1, 0.15) is 0 Å². The summed E-state index contributed by atoms with van der Waals surface area (Å²) in [5.41, 5.74) is 0. The van der Waals surface area contributed by atoms with Crippen molar-refractivity contribution in [3.05, 3.63) is 28.7 Å². The van der Waals surface area contributed by atoms with Crippen molar-refractivity contribution in [3.8, 4) is 0 Å². The Morgan fingerprint density at radius 2 is 1.92 bits per heavy atom. The molecule has 0 aliphatic carbocycles. The fourth-order valence-corrected chi connectivity index (χ4v) is 3.21. The van der Waals surface area contributed by atoms with Crippen molar-refractivity contribution in [1.82, 2.24) is 16.0 Å². The Kier molecular flexibility index (Phi) is 9.92. The van der Waals surface area contributed by atoms with Gasteiger partial charge in [0, 0.05) is 41.4 Å². The summed E-state index contributed by atoms with van der Waals surface area (Å²) in [5.74, 6) is 0.509. The van der Waals surface area contributed by atoms with Crippen LogP contribution in [0.2, 0.25) is 0 Å². The largest absolute Gasteiger partial charge is 0.383 e. The number of thioether (sulfide) groups is 1. The van der Waals surface area contributed by atoms with E-state index in [0.717, 1.165) is 4.47 Å². The van der Waals surface area contributed by atoms with Crippen molar-refractivity contribution in [3.63, 3.8) is 0 Å². The van der Waals surface area contributed by atoms with E-state index in [2.05, 4.69) is 62.9 Å². The zero-order valence-corrected chi connectivity index (χ0v) is 17.6. The molecule has 0 fully saturated rings. The number of ether oxygens (including phenoxy) is 1. The minimum Gasteiger partial charge on any atom is -0.383 e. The molecule has 140 valence electrons. The minimum atomic E-state index is -0.0940. The third-order valence-corrected chi connectivity index (χ3v) is 4.89. The van der Waals surface area contributed by atoms with Gasteiger partial charge >= 0.3 is 0 Å². The number of amides is 1. The molecule has 25 heavy (non-hydrogen) atoms. The average molecular weight is 431 g/mol. The van der Waals surface area contributed by atoms with E-state index in [1.807, 2.05) is 12.1 Å². The second-order valence-electron chi connectivity index (χ2n) is 5.94. The molecule has 0 atom stereocenters. The Balaban J connectivity index is 2.39. The van der Waals surface area contributed by atoms with Crippen LogP contribution in [-0.2, 0) is 9.53 Å². The van der Waals surface area contributed by atoms with Gasteiger partial charge < -0.3 is 20.7 Å². The number of methoxy groups -OCH3 is 1. The van der Waals surface area contributed by atoms with Crippen LogP contribution in [0.25, 0.3) is 0 Å². The maximum absolute atomic E-state index is 11.7. The van der Waals surface area contributed by atoms with Crippen LogP contribution in [0, 0.1) is 0 Å². The highest BCUT2D eigenvalue weighted by molar-refractivity contribution is 9.10. The van der Waals surface area contributed by atoms with E-state index in [4.69, 9.17) is 4.74 Å². The van der Waals surface area contributed by atoms with Gasteiger partial charge in [-0.25, -0.2) is 0 Å². The molecule has 0 aliphatic rings. The number of nitrogens with one attached hydrogen (secondary N) is 3. The number of nitrogens with zero attached hydrogens (tertiary/aromatic N) is 1. The summed E-state index contributed by atoms with van der Waals surface area (Å²) in [6.45, 7) is 6.21. The first-order valence-corrected chi connectivity index (χ1v) is 9.62. The van der Waals surface area contributed by atoms with Crippen molar-refractivity contribution >= 4 is 39.6 Å². The van der Waals surface area contributed by atoms with Crippen molar-refractivity contribution in [1.29, 1.82) is 0 Å². The summed E-state index contributed by atoms with van der Waals surface area (Å²) in [6.07, 6.45) is 0. The Bertz CT molecular complexity index is 564. The molecule has 0 aliphatic heterocycles. The molecular weight excluding hydrogens is 404 g/mol. The second-order valence-corrected chi connectivity index (χ2v) is 8.63. The number of benzene rings is 1. The lowest BCUT2D eigenvalue weighted by Gasteiger charge is -2.25. The molecule has 6 nitrogen and oxygen atoms in total. The zero-order chi connectivity index (χ0) is 18.7. The van der Waals surface area contributed by atoms with Gasteiger partial charge in [-0.15, -0.1) is 11.8 Å². The second kappa shape index (κ2) is 11.4. The fourth-order valence-electron chi connectivity index (χ4n) is 1.89. The summed E-state index contributed by atoms with van der Waals surface area (Å²) in [6, 6.07) is 8.25. The van der Waals surface area contributed by atoms with E-state index in [9.17, 15) is 4.79 Å². The molecule has 1 amide bonds. The Morgan fingerprint density at radius 1 is 1.24 bits per heavy atom. The van der Waals surface area contributed by atoms with Crippen LogP contribution >= 0.6 is 27.7 Å². The lowest BCUT2D eigenvalue weighted by atomic mass is 10.2. The highest BCUT2D eigenvalue weighted by Gasteiger charge is 2.20. The topological polar surface area (TPSA) is 74.8 Å². The molecule has 1 aromatic rings. The molecule has 0 saturated heterocycles. The molecule has 0 heterocycles. The molecule has 0 saturated carbocycles. The third kappa shape index (κ3) is 9.72. The van der Waals surface area contributed by atoms with Crippen LogP contribution in [0.5, 0.6) is 0 Å². The molecule has 0 aromatic heterocycles. The standard InChI is InChI=1S/C17H27BrN4O2S/c1-17(2,25-14-7-5-13(18)6-8-14)12-22-16(19-3)21-11-15(23)20-9-10-24-4/h5-8H,9-12H2,1-4H3,(H,20,23)(H2,19,21,22). The first-order chi connectivity index (χ1) is 11.9. The van der Waals surface area contributed by atoms with Crippen LogP contribution in [0.4, 0.5) is 0 Å². The van der Waals surface area contributed by atoms with Crippen LogP contribution < -0.4 is 16.0 Å². The Hall–Kier alpha value is -1.25. The fraction of sp³-hybridized carbons (Fsp3) is 0.529. The van der Waals surface area contributed by atoms with Crippen molar-refractivity contribution in [2.45, 2.75) is 23.5 Å². The maximum Gasteiger partial charge on any atom is 0.239 e. The summed E-state index contributed by atoms with van der Waals surface area (Å²) in [4.78, 5) is 17.0. The van der Waals surface area contributed by atoms with Crippen molar-refractivity contribution < 1.29 is 9.53 Å². The van der Waals surface area contributed by atoms with Gasteiger partial charge in [-0.1, -0.05) is 15.9 Å². The van der Waals surface area contributed by atoms with Gasteiger partial charge in [-0.2, -0.15) is 0 Å². The molecular formula is C17H27BrN4O2S. The first-order valence-electron chi connectivity index (χ1n) is 8.01. The normalized spacial score (nSPS) is 12.0. The minimum absolute atomic E-state index is 0.0355. The number of halogens is 1. The number of carbonyl (C=O) groups is 1. The van der Waals surface area contributed by atoms with Gasteiger partial charge in [0.05, 0.1) is 13.2 Å². The smallest absolute Gasteiger partial charge is 0.239 e. The number of hydrogen-bond acceptors (Lipinski definition) is 4. The van der Waals surface area contributed by atoms with Gasteiger partial charge in [0.2, 0.25) is 5.91 Å². The lowest BCUT2D eigenvalue weighted by molar-refractivity contribution is -0.120. The number of guanidine groups is 1. The Morgan fingerprint density at radius 3 is 2.52 bits per heavy atom. The van der Waals surface area contributed by atoms with Gasteiger partial charge in [0.25, 0.3) is 0 Å². The summed E-state index contributed by atoms with van der Waals surface area (Å²) < 4.78 is 5.93. The molecule has 1 aromatic carbocycles. The molecule has 3 N–H and O–H groups in total. The molecule has 1 rings (SSSR count). The summed E-state index contributed by atoms with van der Waals surface area (Å²) in [5, 5.41) is 9.03. The number of hydrogen-bond donors (Lipinski definition) is 3. The maximum atomic E-state index is 11.7. The van der Waals surface area contributed by atoms with E-state index < -0.39 is 0 Å². The monoisotopic (exact) mass is 430 g/mol. The quantitative estimate of drug-likeness (QED) is 0.242. The van der Waals surface area contributed by atoms with E-state index in [1.165, 1.54) is 4.90 Å². The predicted molar refractivity (Wildman–Crippen MR) is 108 cm³/mol. The van der Waals surface area contributed by atoms with Gasteiger partial charge in [-0.05, 0) is 38.1 Å². The molecule has 0 spiro atoms. The predicted octanol–water partition coefficient (Wildman–Crippen LogP) is 2.25. The first kappa shape index (κ1) is 21.8. The third-order valence-electron chi connectivity index (χ3n) is 3.16. The van der Waals surface area contributed by atoms with Crippen LogP contribution in [-0.4, -0.2) is 57.0 Å².